The Kier molecular flexibility index (Phi) is 3.77. The molecule has 0 unspecified atom stereocenters. The maximum absolute atomic E-state index is 13.3. The Labute approximate surface area is 114 Å². The lowest BCUT2D eigenvalue weighted by Crippen LogP contribution is -2.15. The summed E-state index contributed by atoms with van der Waals surface area (Å²) < 4.78 is 35.5. The van der Waals surface area contributed by atoms with Gasteiger partial charge in [0.05, 0.1) is 16.7 Å². The van der Waals surface area contributed by atoms with Crippen LogP contribution in [0.5, 0.6) is 0 Å². The summed E-state index contributed by atoms with van der Waals surface area (Å²) in [5.41, 5.74) is 0.161. The Morgan fingerprint density at radius 2 is 1.85 bits per heavy atom. The number of halogens is 1. The molecule has 104 valence electrons. The van der Waals surface area contributed by atoms with Crippen molar-refractivity contribution in [2.24, 2.45) is 5.14 Å². The first-order valence-corrected chi connectivity index (χ1v) is 6.96. The highest BCUT2D eigenvalue weighted by Crippen LogP contribution is 2.14. The number of hydrogen-bond acceptors (Lipinski definition) is 4. The molecule has 1 heterocycles. The van der Waals surface area contributed by atoms with Crippen molar-refractivity contribution >= 4 is 21.6 Å². The van der Waals surface area contributed by atoms with Gasteiger partial charge in [-0.3, -0.25) is 9.78 Å². The number of aromatic nitrogens is 1. The third-order valence-electron chi connectivity index (χ3n) is 2.46. The van der Waals surface area contributed by atoms with Crippen LogP contribution in [0.2, 0.25) is 0 Å². The number of sulfonamides is 1. The normalized spacial score (nSPS) is 11.1. The van der Waals surface area contributed by atoms with E-state index in [-0.39, 0.29) is 10.5 Å². The molecule has 0 saturated carbocycles. The number of rotatable bonds is 3. The average Bonchev–Trinajstić information content (AvgIpc) is 2.38. The highest BCUT2D eigenvalue weighted by molar-refractivity contribution is 7.89. The van der Waals surface area contributed by atoms with Gasteiger partial charge in [0.25, 0.3) is 5.91 Å². The first-order chi connectivity index (χ1) is 9.38. The number of anilines is 1. The van der Waals surface area contributed by atoms with Crippen molar-refractivity contribution in [2.75, 3.05) is 5.32 Å². The summed E-state index contributed by atoms with van der Waals surface area (Å²) in [5, 5.41) is 7.38. The zero-order valence-electron chi connectivity index (χ0n) is 10.1. The number of nitrogens with one attached hydrogen (secondary N) is 1. The van der Waals surface area contributed by atoms with Gasteiger partial charge in [-0.1, -0.05) is 0 Å². The van der Waals surface area contributed by atoms with Gasteiger partial charge >= 0.3 is 0 Å². The van der Waals surface area contributed by atoms with Gasteiger partial charge in [0.1, 0.15) is 0 Å². The number of carbonyl (C=O) groups is 1. The van der Waals surface area contributed by atoms with E-state index in [0.717, 1.165) is 6.20 Å². The summed E-state index contributed by atoms with van der Waals surface area (Å²) in [6.45, 7) is 0. The minimum atomic E-state index is -3.79. The molecule has 6 nitrogen and oxygen atoms in total. The molecule has 1 aromatic carbocycles. The third-order valence-corrected chi connectivity index (χ3v) is 3.39. The van der Waals surface area contributed by atoms with Crippen LogP contribution in [0.4, 0.5) is 10.1 Å². The fourth-order valence-corrected chi connectivity index (χ4v) is 2.00. The Bertz CT molecular complexity index is 745. The van der Waals surface area contributed by atoms with Crippen LogP contribution >= 0.6 is 0 Å². The van der Waals surface area contributed by atoms with Crippen LogP contribution in [0.15, 0.2) is 47.6 Å². The monoisotopic (exact) mass is 295 g/mol. The van der Waals surface area contributed by atoms with Gasteiger partial charge in [0.15, 0.2) is 5.82 Å². The fraction of sp³-hybridized carbons (Fsp3) is 0. The summed E-state index contributed by atoms with van der Waals surface area (Å²) in [6.07, 6.45) is 2.22. The van der Waals surface area contributed by atoms with Crippen LogP contribution in [0, 0.1) is 5.82 Å². The smallest absolute Gasteiger partial charge is 0.258 e. The molecule has 1 aromatic heterocycles. The topological polar surface area (TPSA) is 102 Å². The molecule has 2 aromatic rings. The van der Waals surface area contributed by atoms with E-state index in [9.17, 15) is 17.6 Å². The third kappa shape index (κ3) is 3.16. The Balaban J connectivity index is 2.19. The molecule has 3 N–H and O–H groups in total. The largest absolute Gasteiger partial charge is 0.322 e. The van der Waals surface area contributed by atoms with E-state index in [4.69, 9.17) is 5.14 Å². The van der Waals surface area contributed by atoms with Crippen molar-refractivity contribution in [2.45, 2.75) is 4.90 Å². The van der Waals surface area contributed by atoms with Crippen LogP contribution in [0.25, 0.3) is 0 Å². The van der Waals surface area contributed by atoms with E-state index < -0.39 is 21.7 Å². The number of primary sulfonamides is 1. The van der Waals surface area contributed by atoms with Crippen LogP contribution in [-0.2, 0) is 10.0 Å². The molecule has 0 aliphatic heterocycles. The molecule has 0 radical (unpaired) electrons. The van der Waals surface area contributed by atoms with Crippen molar-refractivity contribution in [1.29, 1.82) is 0 Å². The quantitative estimate of drug-likeness (QED) is 0.885. The molecular weight excluding hydrogens is 285 g/mol. The van der Waals surface area contributed by atoms with E-state index >= 15 is 0 Å². The molecule has 8 heteroatoms. The van der Waals surface area contributed by atoms with Crippen molar-refractivity contribution in [3.05, 3.63) is 54.1 Å². The molecule has 20 heavy (non-hydrogen) atoms. The average molecular weight is 295 g/mol. The summed E-state index contributed by atoms with van der Waals surface area (Å²) in [7, 11) is -3.79. The van der Waals surface area contributed by atoms with Crippen molar-refractivity contribution in [3.63, 3.8) is 0 Å². The molecule has 1 amide bonds. The van der Waals surface area contributed by atoms with E-state index in [1.807, 2.05) is 0 Å². The van der Waals surface area contributed by atoms with Gasteiger partial charge in [0.2, 0.25) is 10.0 Å². The molecule has 0 aliphatic carbocycles. The summed E-state index contributed by atoms with van der Waals surface area (Å²) in [6, 6.07) is 6.44. The van der Waals surface area contributed by atoms with Gasteiger partial charge in [-0.05, 0) is 30.3 Å². The van der Waals surface area contributed by atoms with Crippen LogP contribution < -0.4 is 10.5 Å². The number of nitrogens with zero attached hydrogens (tertiary/aromatic N) is 1. The highest BCUT2D eigenvalue weighted by atomic mass is 32.2. The van der Waals surface area contributed by atoms with Crippen LogP contribution in [-0.4, -0.2) is 19.3 Å². The summed E-state index contributed by atoms with van der Waals surface area (Å²) >= 11 is 0. The number of pyridine rings is 1. The van der Waals surface area contributed by atoms with E-state index in [1.165, 1.54) is 36.5 Å². The van der Waals surface area contributed by atoms with Gasteiger partial charge in [0, 0.05) is 11.9 Å². The van der Waals surface area contributed by atoms with Gasteiger partial charge in [-0.25, -0.2) is 17.9 Å². The van der Waals surface area contributed by atoms with Crippen molar-refractivity contribution in [3.8, 4) is 0 Å². The second-order valence-electron chi connectivity index (χ2n) is 3.88. The maximum Gasteiger partial charge on any atom is 0.258 e. The summed E-state index contributed by atoms with van der Waals surface area (Å²) in [5.74, 6) is -1.40. The lowest BCUT2D eigenvalue weighted by Gasteiger charge is -2.06. The van der Waals surface area contributed by atoms with Crippen molar-refractivity contribution < 1.29 is 17.6 Å². The fourth-order valence-electron chi connectivity index (χ4n) is 1.49. The molecule has 2 rings (SSSR count). The van der Waals surface area contributed by atoms with E-state index in [2.05, 4.69) is 10.3 Å². The Hall–Kier alpha value is -2.32. The number of nitrogens with two attached hydrogens (primary N) is 1. The second-order valence-corrected chi connectivity index (χ2v) is 5.44. The molecule has 0 spiro atoms. The number of benzene rings is 1. The number of hydrogen-bond donors (Lipinski definition) is 2. The molecule has 0 atom stereocenters. The second kappa shape index (κ2) is 5.35. The van der Waals surface area contributed by atoms with E-state index in [0.29, 0.717) is 5.69 Å². The van der Waals surface area contributed by atoms with Crippen LogP contribution in [0.1, 0.15) is 10.4 Å². The standard InChI is InChI=1S/C12H10FN3O3S/c13-11-7-15-6-5-10(11)12(17)16-8-1-3-9(4-2-8)20(14,18)19/h1-7H,(H,16,17)(H2,14,18,19). The predicted molar refractivity (Wildman–Crippen MR) is 70.0 cm³/mol. The minimum absolute atomic E-state index is 0.0782. The molecule has 0 bridgehead atoms. The van der Waals surface area contributed by atoms with Gasteiger partial charge in [-0.2, -0.15) is 0 Å². The first kappa shape index (κ1) is 14.1. The zero-order valence-corrected chi connectivity index (χ0v) is 10.9. The highest BCUT2D eigenvalue weighted by Gasteiger charge is 2.12. The number of amides is 1. The zero-order chi connectivity index (χ0) is 14.8. The SMILES string of the molecule is NS(=O)(=O)c1ccc(NC(=O)c2ccncc2F)cc1. The van der Waals surface area contributed by atoms with Crippen molar-refractivity contribution in [1.82, 2.24) is 4.98 Å². The van der Waals surface area contributed by atoms with Gasteiger partial charge in [-0.15, -0.1) is 0 Å². The number of carbonyl (C=O) groups excluding carboxylic acids is 1. The molecular formula is C12H10FN3O3S. The lowest BCUT2D eigenvalue weighted by atomic mass is 10.2. The minimum Gasteiger partial charge on any atom is -0.322 e. The lowest BCUT2D eigenvalue weighted by molar-refractivity contribution is 0.102. The van der Waals surface area contributed by atoms with Crippen LogP contribution in [0.3, 0.4) is 0 Å². The summed E-state index contributed by atoms with van der Waals surface area (Å²) in [4.78, 5) is 15.3. The van der Waals surface area contributed by atoms with E-state index in [1.54, 1.807) is 0 Å². The molecule has 0 saturated heterocycles. The predicted octanol–water partition coefficient (Wildman–Crippen LogP) is 1.12. The van der Waals surface area contributed by atoms with Gasteiger partial charge < -0.3 is 5.32 Å². The Morgan fingerprint density at radius 3 is 2.40 bits per heavy atom. The molecule has 0 fully saturated rings. The maximum atomic E-state index is 13.3. The first-order valence-electron chi connectivity index (χ1n) is 5.41. The molecule has 0 aliphatic rings. The Morgan fingerprint density at radius 1 is 1.20 bits per heavy atom.